The van der Waals surface area contributed by atoms with Crippen LogP contribution in [0.5, 0.6) is 0 Å². The van der Waals surface area contributed by atoms with Crippen molar-refractivity contribution in [2.24, 2.45) is 0 Å². The Morgan fingerprint density at radius 3 is 2.75 bits per heavy atom. The van der Waals surface area contributed by atoms with Crippen LogP contribution >= 0.6 is 0 Å². The van der Waals surface area contributed by atoms with Crippen LogP contribution in [0.2, 0.25) is 0 Å². The lowest BCUT2D eigenvalue weighted by molar-refractivity contribution is 0.165. The summed E-state index contributed by atoms with van der Waals surface area (Å²) < 4.78 is 25.8. The summed E-state index contributed by atoms with van der Waals surface area (Å²) in [7, 11) is 0. The van der Waals surface area contributed by atoms with Crippen molar-refractivity contribution in [2.45, 2.75) is 32.3 Å². The quantitative estimate of drug-likeness (QED) is 0.779. The molecule has 0 radical (unpaired) electrons. The van der Waals surface area contributed by atoms with Crippen molar-refractivity contribution in [1.29, 1.82) is 0 Å². The van der Waals surface area contributed by atoms with Crippen LogP contribution in [-0.2, 0) is 6.42 Å². The molecule has 0 bridgehead atoms. The maximum atomic E-state index is 13.2. The zero-order valence-electron chi connectivity index (χ0n) is 9.13. The second-order valence-electron chi connectivity index (χ2n) is 3.56. The van der Waals surface area contributed by atoms with E-state index in [0.717, 1.165) is 6.07 Å². The first-order chi connectivity index (χ1) is 7.63. The minimum absolute atomic E-state index is 0.192. The van der Waals surface area contributed by atoms with Gasteiger partial charge in [-0.15, -0.1) is 11.8 Å². The molecule has 16 heavy (non-hydrogen) atoms. The van der Waals surface area contributed by atoms with E-state index in [4.69, 9.17) is 0 Å². The molecule has 1 aromatic rings. The van der Waals surface area contributed by atoms with E-state index in [2.05, 4.69) is 11.8 Å². The van der Waals surface area contributed by atoms with Crippen LogP contribution < -0.4 is 0 Å². The van der Waals surface area contributed by atoms with Crippen molar-refractivity contribution in [2.75, 3.05) is 0 Å². The van der Waals surface area contributed by atoms with E-state index in [9.17, 15) is 13.9 Å². The first-order valence-corrected chi connectivity index (χ1v) is 5.15. The summed E-state index contributed by atoms with van der Waals surface area (Å²) in [5, 5.41) is 9.59. The molecular formula is C13H14F2O. The Morgan fingerprint density at radius 1 is 1.38 bits per heavy atom. The van der Waals surface area contributed by atoms with Crippen molar-refractivity contribution < 1.29 is 13.9 Å². The van der Waals surface area contributed by atoms with Gasteiger partial charge in [-0.25, -0.2) is 8.78 Å². The summed E-state index contributed by atoms with van der Waals surface area (Å²) in [5.74, 6) is 4.33. The fourth-order valence-electron chi connectivity index (χ4n) is 1.41. The highest BCUT2D eigenvalue weighted by Gasteiger charge is 2.09. The van der Waals surface area contributed by atoms with E-state index in [1.807, 2.05) is 0 Å². The van der Waals surface area contributed by atoms with Crippen LogP contribution in [0.3, 0.4) is 0 Å². The molecule has 0 saturated heterocycles. The van der Waals surface area contributed by atoms with Crippen LogP contribution in [0, 0.1) is 23.5 Å². The topological polar surface area (TPSA) is 20.2 Å². The Bertz CT molecular complexity index is 404. The number of hydrogen-bond acceptors (Lipinski definition) is 1. The Balaban J connectivity index is 2.54. The van der Waals surface area contributed by atoms with Crippen LogP contribution in [0.1, 0.15) is 25.3 Å². The molecule has 0 heterocycles. The standard InChI is InChI=1S/C13H14F2O/c1-2-3-4-5-12(16)8-10-6-7-11(14)9-13(10)15/h6-7,9,12,16H,4-5,8H2,1H3. The molecule has 0 aliphatic rings. The highest BCUT2D eigenvalue weighted by Crippen LogP contribution is 2.13. The first-order valence-electron chi connectivity index (χ1n) is 5.15. The van der Waals surface area contributed by atoms with Crippen molar-refractivity contribution in [3.8, 4) is 11.8 Å². The van der Waals surface area contributed by atoms with E-state index in [-0.39, 0.29) is 6.42 Å². The molecule has 86 valence electrons. The maximum absolute atomic E-state index is 13.2. The largest absolute Gasteiger partial charge is 0.393 e. The number of halogens is 2. The second kappa shape index (κ2) is 6.24. The van der Waals surface area contributed by atoms with Crippen LogP contribution in [-0.4, -0.2) is 11.2 Å². The Hall–Kier alpha value is -1.40. The third kappa shape index (κ3) is 4.00. The molecule has 1 rings (SSSR count). The van der Waals surface area contributed by atoms with Crippen LogP contribution in [0.25, 0.3) is 0 Å². The second-order valence-corrected chi connectivity index (χ2v) is 3.56. The van der Waals surface area contributed by atoms with Crippen LogP contribution in [0.4, 0.5) is 8.78 Å². The number of aliphatic hydroxyl groups is 1. The number of benzene rings is 1. The Labute approximate surface area is 94.1 Å². The van der Waals surface area contributed by atoms with Crippen molar-refractivity contribution in [1.82, 2.24) is 0 Å². The molecule has 1 nitrogen and oxygen atoms in total. The number of rotatable bonds is 4. The third-order valence-electron chi connectivity index (χ3n) is 2.25. The van der Waals surface area contributed by atoms with E-state index >= 15 is 0 Å². The van der Waals surface area contributed by atoms with Gasteiger partial charge in [-0.1, -0.05) is 6.07 Å². The third-order valence-corrected chi connectivity index (χ3v) is 2.25. The van der Waals surface area contributed by atoms with E-state index < -0.39 is 17.7 Å². The minimum Gasteiger partial charge on any atom is -0.393 e. The van der Waals surface area contributed by atoms with Gasteiger partial charge in [-0.3, -0.25) is 0 Å². The highest BCUT2D eigenvalue weighted by molar-refractivity contribution is 5.19. The van der Waals surface area contributed by atoms with Crippen molar-refractivity contribution in [3.63, 3.8) is 0 Å². The fourth-order valence-corrected chi connectivity index (χ4v) is 1.41. The average molecular weight is 224 g/mol. The molecule has 0 fully saturated rings. The molecule has 1 N–H and O–H groups in total. The van der Waals surface area contributed by atoms with Gasteiger partial charge in [0.15, 0.2) is 0 Å². The van der Waals surface area contributed by atoms with Gasteiger partial charge in [0.25, 0.3) is 0 Å². The van der Waals surface area contributed by atoms with Gasteiger partial charge >= 0.3 is 0 Å². The fraction of sp³-hybridized carbons (Fsp3) is 0.385. The lowest BCUT2D eigenvalue weighted by atomic mass is 10.0. The Morgan fingerprint density at radius 2 is 2.12 bits per heavy atom. The van der Waals surface area contributed by atoms with Gasteiger partial charge in [0.1, 0.15) is 11.6 Å². The van der Waals surface area contributed by atoms with Gasteiger partial charge < -0.3 is 5.11 Å². The molecule has 0 amide bonds. The molecule has 0 aliphatic heterocycles. The number of hydrogen-bond donors (Lipinski definition) is 1. The maximum Gasteiger partial charge on any atom is 0.129 e. The van der Waals surface area contributed by atoms with E-state index in [1.54, 1.807) is 6.92 Å². The molecule has 0 saturated carbocycles. The molecule has 1 unspecified atom stereocenters. The molecular weight excluding hydrogens is 210 g/mol. The van der Waals surface area contributed by atoms with Gasteiger partial charge in [-0.2, -0.15) is 0 Å². The van der Waals surface area contributed by atoms with Crippen molar-refractivity contribution in [3.05, 3.63) is 35.4 Å². The molecule has 1 atom stereocenters. The minimum atomic E-state index is -0.638. The summed E-state index contributed by atoms with van der Waals surface area (Å²) in [6.07, 6.45) is 0.635. The van der Waals surface area contributed by atoms with Gasteiger partial charge in [0.05, 0.1) is 6.10 Å². The SMILES string of the molecule is CC#CCCC(O)Cc1ccc(F)cc1F. The molecule has 0 aromatic heterocycles. The lowest BCUT2D eigenvalue weighted by Gasteiger charge is -2.09. The first kappa shape index (κ1) is 12.7. The predicted octanol–water partition coefficient (Wildman–Crippen LogP) is 2.67. The predicted molar refractivity (Wildman–Crippen MR) is 58.8 cm³/mol. The van der Waals surface area contributed by atoms with E-state index in [1.165, 1.54) is 12.1 Å². The molecule has 3 heteroatoms. The molecule has 0 aliphatic carbocycles. The van der Waals surface area contributed by atoms with Gasteiger partial charge in [0.2, 0.25) is 0 Å². The highest BCUT2D eigenvalue weighted by atomic mass is 19.1. The summed E-state index contributed by atoms with van der Waals surface area (Å²) in [5.41, 5.74) is 0.332. The summed E-state index contributed by atoms with van der Waals surface area (Å²) in [6.45, 7) is 1.73. The summed E-state index contributed by atoms with van der Waals surface area (Å²) in [6, 6.07) is 3.38. The Kier molecular flexibility index (Phi) is 4.94. The normalized spacial score (nSPS) is 11.8. The van der Waals surface area contributed by atoms with Gasteiger partial charge in [0, 0.05) is 18.9 Å². The molecule has 0 spiro atoms. The molecule has 1 aromatic carbocycles. The monoisotopic (exact) mass is 224 g/mol. The number of aliphatic hydroxyl groups excluding tert-OH is 1. The zero-order chi connectivity index (χ0) is 12.0. The average Bonchev–Trinajstić information content (AvgIpc) is 2.23. The summed E-state index contributed by atoms with van der Waals surface area (Å²) in [4.78, 5) is 0. The van der Waals surface area contributed by atoms with E-state index in [0.29, 0.717) is 18.4 Å². The van der Waals surface area contributed by atoms with Crippen LogP contribution in [0.15, 0.2) is 18.2 Å². The summed E-state index contributed by atoms with van der Waals surface area (Å²) >= 11 is 0. The smallest absolute Gasteiger partial charge is 0.129 e. The lowest BCUT2D eigenvalue weighted by Crippen LogP contribution is -2.11. The van der Waals surface area contributed by atoms with Gasteiger partial charge in [-0.05, 0) is 25.0 Å². The van der Waals surface area contributed by atoms with Crippen molar-refractivity contribution >= 4 is 0 Å². The zero-order valence-corrected chi connectivity index (χ0v) is 9.13.